The van der Waals surface area contributed by atoms with Crippen LogP contribution >= 0.6 is 11.8 Å². The van der Waals surface area contributed by atoms with E-state index in [0.29, 0.717) is 12.6 Å². The molecule has 0 fully saturated rings. The number of hydrogen-bond donors (Lipinski definition) is 3. The predicted octanol–water partition coefficient (Wildman–Crippen LogP) is 0.377. The molecule has 0 bridgehead atoms. The first-order valence-corrected chi connectivity index (χ1v) is 6.94. The molecule has 0 amide bonds. The highest BCUT2D eigenvalue weighted by Gasteiger charge is 2.16. The van der Waals surface area contributed by atoms with Crippen molar-refractivity contribution in [2.24, 2.45) is 0 Å². The van der Waals surface area contributed by atoms with Gasteiger partial charge in [0.1, 0.15) is 0 Å². The molecular formula is C10H19N5O2S. The van der Waals surface area contributed by atoms with Gasteiger partial charge in [-0.15, -0.1) is 0 Å². The van der Waals surface area contributed by atoms with Gasteiger partial charge in [0.15, 0.2) is 0 Å². The number of aliphatic hydroxyl groups excluding tert-OH is 1. The van der Waals surface area contributed by atoms with Crippen LogP contribution in [0.15, 0.2) is 0 Å². The SMILES string of the molecule is CCOc1nc(N)nc(NC(C)C(CO)SC)n1. The highest BCUT2D eigenvalue weighted by Crippen LogP contribution is 2.15. The molecule has 0 saturated heterocycles. The minimum atomic E-state index is 0.00118. The lowest BCUT2D eigenvalue weighted by molar-refractivity contribution is 0.288. The fourth-order valence-electron chi connectivity index (χ4n) is 1.36. The van der Waals surface area contributed by atoms with Crippen LogP contribution in [0, 0.1) is 0 Å². The number of nitrogens with zero attached hydrogens (tertiary/aromatic N) is 3. The van der Waals surface area contributed by atoms with Gasteiger partial charge in [0, 0.05) is 11.3 Å². The molecule has 4 N–H and O–H groups in total. The molecule has 0 saturated carbocycles. The van der Waals surface area contributed by atoms with Crippen molar-refractivity contribution in [3.05, 3.63) is 0 Å². The Labute approximate surface area is 111 Å². The number of ether oxygens (including phenoxy) is 1. The van der Waals surface area contributed by atoms with Crippen molar-refractivity contribution in [2.75, 3.05) is 30.5 Å². The van der Waals surface area contributed by atoms with Crippen LogP contribution in [0.25, 0.3) is 0 Å². The molecule has 2 atom stereocenters. The van der Waals surface area contributed by atoms with Crippen molar-refractivity contribution in [1.29, 1.82) is 0 Å². The van der Waals surface area contributed by atoms with Gasteiger partial charge < -0.3 is 20.9 Å². The quantitative estimate of drug-likeness (QED) is 0.654. The van der Waals surface area contributed by atoms with Crippen LogP contribution in [0.4, 0.5) is 11.9 Å². The summed E-state index contributed by atoms with van der Waals surface area (Å²) in [6.07, 6.45) is 1.94. The summed E-state index contributed by atoms with van der Waals surface area (Å²) >= 11 is 1.57. The average molecular weight is 273 g/mol. The van der Waals surface area contributed by atoms with Crippen molar-refractivity contribution < 1.29 is 9.84 Å². The van der Waals surface area contributed by atoms with Gasteiger partial charge in [-0.3, -0.25) is 0 Å². The monoisotopic (exact) mass is 273 g/mol. The molecule has 0 radical (unpaired) electrons. The van der Waals surface area contributed by atoms with Gasteiger partial charge in [0.05, 0.1) is 13.2 Å². The number of nitrogens with one attached hydrogen (secondary N) is 1. The maximum absolute atomic E-state index is 9.20. The zero-order valence-electron chi connectivity index (χ0n) is 10.8. The van der Waals surface area contributed by atoms with Crippen LogP contribution in [0.2, 0.25) is 0 Å². The molecule has 0 aliphatic carbocycles. The lowest BCUT2D eigenvalue weighted by Crippen LogP contribution is -2.31. The predicted molar refractivity (Wildman–Crippen MR) is 72.9 cm³/mol. The maximum Gasteiger partial charge on any atom is 0.323 e. The summed E-state index contributed by atoms with van der Waals surface area (Å²) in [5, 5.41) is 12.3. The van der Waals surface area contributed by atoms with Crippen LogP contribution in [0.5, 0.6) is 6.01 Å². The Balaban J connectivity index is 2.77. The standard InChI is InChI=1S/C10H19N5O2S/c1-4-17-10-14-8(11)13-9(15-10)12-6(2)7(5-16)18-3/h6-7,16H,4-5H2,1-3H3,(H3,11,12,13,14,15). The molecule has 7 nitrogen and oxygen atoms in total. The van der Waals surface area contributed by atoms with E-state index >= 15 is 0 Å². The lowest BCUT2D eigenvalue weighted by atomic mass is 10.2. The summed E-state index contributed by atoms with van der Waals surface area (Å²) in [7, 11) is 0. The third-order valence-electron chi connectivity index (χ3n) is 2.30. The summed E-state index contributed by atoms with van der Waals surface area (Å²) < 4.78 is 5.19. The van der Waals surface area contributed by atoms with Crippen LogP contribution in [0.3, 0.4) is 0 Å². The largest absolute Gasteiger partial charge is 0.464 e. The Bertz CT molecular complexity index is 375. The zero-order chi connectivity index (χ0) is 13.5. The highest BCUT2D eigenvalue weighted by molar-refractivity contribution is 7.99. The Morgan fingerprint density at radius 3 is 2.72 bits per heavy atom. The first-order chi connectivity index (χ1) is 8.60. The molecule has 0 aromatic carbocycles. The summed E-state index contributed by atoms with van der Waals surface area (Å²) in [4.78, 5) is 11.9. The maximum atomic E-state index is 9.20. The van der Waals surface area contributed by atoms with E-state index in [-0.39, 0.29) is 29.9 Å². The molecule has 102 valence electrons. The number of nitrogen functional groups attached to an aromatic ring is 1. The van der Waals surface area contributed by atoms with Crippen molar-refractivity contribution >= 4 is 23.7 Å². The van der Waals surface area contributed by atoms with Crippen molar-refractivity contribution in [3.63, 3.8) is 0 Å². The van der Waals surface area contributed by atoms with E-state index in [2.05, 4.69) is 20.3 Å². The first kappa shape index (κ1) is 14.8. The van der Waals surface area contributed by atoms with E-state index < -0.39 is 0 Å². The van der Waals surface area contributed by atoms with E-state index in [1.54, 1.807) is 11.8 Å². The zero-order valence-corrected chi connectivity index (χ0v) is 11.6. The Morgan fingerprint density at radius 1 is 1.44 bits per heavy atom. The number of anilines is 2. The Hall–Kier alpha value is -1.28. The highest BCUT2D eigenvalue weighted by atomic mass is 32.2. The van der Waals surface area contributed by atoms with Crippen LogP contribution in [-0.4, -0.2) is 50.8 Å². The van der Waals surface area contributed by atoms with Gasteiger partial charge in [0.25, 0.3) is 0 Å². The second-order valence-corrected chi connectivity index (χ2v) is 4.70. The van der Waals surface area contributed by atoms with E-state index in [4.69, 9.17) is 10.5 Å². The van der Waals surface area contributed by atoms with Crippen LogP contribution < -0.4 is 15.8 Å². The topological polar surface area (TPSA) is 106 Å². The van der Waals surface area contributed by atoms with Gasteiger partial charge in [-0.25, -0.2) is 0 Å². The third kappa shape index (κ3) is 4.19. The van der Waals surface area contributed by atoms with Crippen LogP contribution in [-0.2, 0) is 0 Å². The normalized spacial score (nSPS) is 14.0. The number of aliphatic hydroxyl groups is 1. The molecule has 0 aliphatic rings. The smallest absolute Gasteiger partial charge is 0.323 e. The lowest BCUT2D eigenvalue weighted by Gasteiger charge is -2.21. The summed E-state index contributed by atoms with van der Waals surface area (Å²) in [6.45, 7) is 4.32. The number of hydrogen-bond acceptors (Lipinski definition) is 8. The molecule has 1 aromatic heterocycles. The summed E-state index contributed by atoms with van der Waals surface area (Å²) in [6, 6.07) is 0.200. The van der Waals surface area contributed by atoms with E-state index in [1.165, 1.54) is 0 Å². The van der Waals surface area contributed by atoms with Crippen molar-refractivity contribution in [3.8, 4) is 6.01 Å². The molecule has 2 unspecified atom stereocenters. The summed E-state index contributed by atoms with van der Waals surface area (Å²) in [5.74, 6) is 0.457. The van der Waals surface area contributed by atoms with E-state index in [1.807, 2.05) is 20.1 Å². The van der Waals surface area contributed by atoms with Gasteiger partial charge >= 0.3 is 6.01 Å². The molecular weight excluding hydrogens is 254 g/mol. The second kappa shape index (κ2) is 7.22. The van der Waals surface area contributed by atoms with E-state index in [9.17, 15) is 5.11 Å². The minimum Gasteiger partial charge on any atom is -0.464 e. The molecule has 1 rings (SSSR count). The van der Waals surface area contributed by atoms with Gasteiger partial charge in [-0.1, -0.05) is 0 Å². The van der Waals surface area contributed by atoms with Gasteiger partial charge in [-0.2, -0.15) is 26.7 Å². The molecule has 0 spiro atoms. The minimum absolute atomic E-state index is 0.00118. The van der Waals surface area contributed by atoms with Crippen LogP contribution in [0.1, 0.15) is 13.8 Å². The second-order valence-electron chi connectivity index (χ2n) is 3.62. The van der Waals surface area contributed by atoms with Gasteiger partial charge in [0.2, 0.25) is 11.9 Å². The van der Waals surface area contributed by atoms with Crippen molar-refractivity contribution in [2.45, 2.75) is 25.1 Å². The molecule has 0 aliphatic heterocycles. The van der Waals surface area contributed by atoms with E-state index in [0.717, 1.165) is 0 Å². The third-order valence-corrected chi connectivity index (χ3v) is 3.47. The number of thioether (sulfide) groups is 1. The first-order valence-electron chi connectivity index (χ1n) is 5.65. The average Bonchev–Trinajstić information content (AvgIpc) is 2.30. The molecule has 1 aromatic rings. The molecule has 18 heavy (non-hydrogen) atoms. The number of aromatic nitrogens is 3. The summed E-state index contributed by atoms with van der Waals surface area (Å²) in [5.41, 5.74) is 5.57. The fraction of sp³-hybridized carbons (Fsp3) is 0.700. The number of nitrogens with two attached hydrogens (primary N) is 1. The van der Waals surface area contributed by atoms with Gasteiger partial charge in [-0.05, 0) is 20.1 Å². The molecule has 1 heterocycles. The molecule has 8 heteroatoms. The number of rotatable bonds is 7. The fourth-order valence-corrected chi connectivity index (χ4v) is 1.99. The van der Waals surface area contributed by atoms with Crippen molar-refractivity contribution in [1.82, 2.24) is 15.0 Å². The Kier molecular flexibility index (Phi) is 5.93. The Morgan fingerprint density at radius 2 is 2.17 bits per heavy atom.